The normalized spacial score (nSPS) is 10.4. The summed E-state index contributed by atoms with van der Waals surface area (Å²) in [6.45, 7) is 3.73. The number of carbonyl (C=O) groups excluding carboxylic acids is 1. The summed E-state index contributed by atoms with van der Waals surface area (Å²) in [6, 6.07) is 9.64. The van der Waals surface area contributed by atoms with Gasteiger partial charge < -0.3 is 10.4 Å². The van der Waals surface area contributed by atoms with Crippen LogP contribution in [0.25, 0.3) is 0 Å². The van der Waals surface area contributed by atoms with Crippen molar-refractivity contribution in [1.29, 1.82) is 0 Å². The van der Waals surface area contributed by atoms with Crippen LogP contribution in [0, 0.1) is 13.8 Å². The van der Waals surface area contributed by atoms with E-state index in [1.54, 1.807) is 13.0 Å². The minimum Gasteiger partial charge on any atom is -0.477 e. The number of hydrogen-bond acceptors (Lipinski definition) is 4. The Balaban J connectivity index is 1.91. The number of hydrogen-bond donors (Lipinski definition) is 2. The highest BCUT2D eigenvalue weighted by atomic mass is 32.2. The summed E-state index contributed by atoms with van der Waals surface area (Å²) in [6.07, 6.45) is 0. The Hall–Kier alpha value is -1.79. The number of thioether (sulfide) groups is 1. The van der Waals surface area contributed by atoms with Crippen molar-refractivity contribution >= 4 is 40.0 Å². The van der Waals surface area contributed by atoms with Crippen LogP contribution in [0.4, 0.5) is 5.00 Å². The molecule has 2 rings (SSSR count). The fraction of sp³-hybridized carbons (Fsp3) is 0.200. The van der Waals surface area contributed by atoms with Crippen molar-refractivity contribution in [1.82, 2.24) is 0 Å². The Morgan fingerprint density at radius 1 is 1.24 bits per heavy atom. The van der Waals surface area contributed by atoms with Gasteiger partial charge in [0.05, 0.1) is 10.8 Å². The summed E-state index contributed by atoms with van der Waals surface area (Å²) >= 11 is 2.53. The molecule has 0 bridgehead atoms. The molecular weight excluding hydrogens is 306 g/mol. The van der Waals surface area contributed by atoms with Gasteiger partial charge in [-0.05, 0) is 37.6 Å². The number of aromatic carboxylic acids is 1. The molecule has 0 spiro atoms. The number of nitrogens with one attached hydrogen (secondary N) is 1. The lowest BCUT2D eigenvalue weighted by Crippen LogP contribution is -2.12. The molecule has 6 heteroatoms. The van der Waals surface area contributed by atoms with Crippen LogP contribution in [0.3, 0.4) is 0 Å². The first-order chi connectivity index (χ1) is 9.95. The third-order valence-corrected chi connectivity index (χ3v) is 4.92. The third-order valence-electron chi connectivity index (χ3n) is 2.77. The molecule has 110 valence electrons. The van der Waals surface area contributed by atoms with Crippen LogP contribution in [-0.4, -0.2) is 22.7 Å². The molecule has 21 heavy (non-hydrogen) atoms. The van der Waals surface area contributed by atoms with Gasteiger partial charge >= 0.3 is 5.97 Å². The van der Waals surface area contributed by atoms with E-state index in [9.17, 15) is 9.59 Å². The van der Waals surface area contributed by atoms with Crippen molar-refractivity contribution in [3.8, 4) is 0 Å². The highest BCUT2D eigenvalue weighted by Gasteiger charge is 2.13. The van der Waals surface area contributed by atoms with Crippen molar-refractivity contribution in [3.63, 3.8) is 0 Å². The van der Waals surface area contributed by atoms with Crippen LogP contribution in [0.15, 0.2) is 35.2 Å². The maximum Gasteiger partial charge on any atom is 0.346 e. The first kappa shape index (κ1) is 15.6. The molecule has 2 N–H and O–H groups in total. The topological polar surface area (TPSA) is 66.4 Å². The summed E-state index contributed by atoms with van der Waals surface area (Å²) in [7, 11) is 0. The number of rotatable bonds is 5. The smallest absolute Gasteiger partial charge is 0.346 e. The number of benzene rings is 1. The molecule has 0 aliphatic carbocycles. The third kappa shape index (κ3) is 4.34. The Bertz CT molecular complexity index is 662. The molecule has 0 aliphatic heterocycles. The highest BCUT2D eigenvalue weighted by Crippen LogP contribution is 2.27. The van der Waals surface area contributed by atoms with Crippen LogP contribution < -0.4 is 5.32 Å². The lowest BCUT2D eigenvalue weighted by molar-refractivity contribution is -0.113. The molecule has 1 aromatic carbocycles. The second-order valence-electron chi connectivity index (χ2n) is 4.58. The minimum absolute atomic E-state index is 0.140. The number of aryl methyl sites for hydroxylation is 2. The zero-order chi connectivity index (χ0) is 15.4. The Kier molecular flexibility index (Phi) is 5.03. The second-order valence-corrected chi connectivity index (χ2v) is 6.68. The number of thiophene rings is 1. The Morgan fingerprint density at radius 3 is 2.48 bits per heavy atom. The van der Waals surface area contributed by atoms with E-state index < -0.39 is 5.97 Å². The molecule has 1 heterocycles. The molecule has 0 saturated heterocycles. The van der Waals surface area contributed by atoms with E-state index >= 15 is 0 Å². The van der Waals surface area contributed by atoms with Crippen LogP contribution in [0.1, 0.15) is 20.8 Å². The predicted molar refractivity (Wildman–Crippen MR) is 86.5 cm³/mol. The first-order valence-corrected chi connectivity index (χ1v) is 8.09. The molecular formula is C15H15NO3S2. The molecule has 0 atom stereocenters. The van der Waals surface area contributed by atoms with E-state index in [0.717, 1.165) is 16.2 Å². The van der Waals surface area contributed by atoms with E-state index in [1.807, 2.05) is 31.2 Å². The number of carboxylic acids is 1. The highest BCUT2D eigenvalue weighted by molar-refractivity contribution is 8.00. The monoisotopic (exact) mass is 321 g/mol. The Labute approximate surface area is 131 Å². The van der Waals surface area contributed by atoms with Gasteiger partial charge in [0.15, 0.2) is 0 Å². The standard InChI is InChI=1S/C15H15NO3S2/c1-9-3-5-11(6-4-9)20-8-12(17)16-13-7-10(2)14(21-13)15(18)19/h3-7H,8H2,1-2H3,(H,16,17)(H,18,19). The maximum absolute atomic E-state index is 11.9. The van der Waals surface area contributed by atoms with Crippen molar-refractivity contribution in [2.45, 2.75) is 18.7 Å². The van der Waals surface area contributed by atoms with Crippen LogP contribution in [0.2, 0.25) is 0 Å². The van der Waals surface area contributed by atoms with E-state index in [2.05, 4.69) is 5.32 Å². The fourth-order valence-corrected chi connectivity index (χ4v) is 3.34. The van der Waals surface area contributed by atoms with Crippen molar-refractivity contribution in [2.24, 2.45) is 0 Å². The number of carbonyl (C=O) groups is 2. The zero-order valence-electron chi connectivity index (χ0n) is 11.7. The van der Waals surface area contributed by atoms with Gasteiger partial charge in [-0.1, -0.05) is 17.7 Å². The number of anilines is 1. The van der Waals surface area contributed by atoms with Gasteiger partial charge in [-0.25, -0.2) is 4.79 Å². The molecule has 4 nitrogen and oxygen atoms in total. The molecule has 0 radical (unpaired) electrons. The lowest BCUT2D eigenvalue weighted by Gasteiger charge is -2.03. The van der Waals surface area contributed by atoms with Crippen molar-refractivity contribution in [2.75, 3.05) is 11.1 Å². The van der Waals surface area contributed by atoms with E-state index in [4.69, 9.17) is 5.11 Å². The second kappa shape index (κ2) is 6.78. The van der Waals surface area contributed by atoms with Gasteiger partial charge in [-0.15, -0.1) is 23.1 Å². The van der Waals surface area contributed by atoms with Gasteiger partial charge in [0.2, 0.25) is 5.91 Å². The fourth-order valence-electron chi connectivity index (χ4n) is 1.71. The Morgan fingerprint density at radius 2 is 1.90 bits per heavy atom. The van der Waals surface area contributed by atoms with Gasteiger partial charge in [0, 0.05) is 4.90 Å². The van der Waals surface area contributed by atoms with E-state index in [1.165, 1.54) is 17.3 Å². The van der Waals surface area contributed by atoms with Crippen LogP contribution in [0.5, 0.6) is 0 Å². The molecule has 2 aromatic rings. The molecule has 0 saturated carbocycles. The van der Waals surface area contributed by atoms with Crippen LogP contribution >= 0.6 is 23.1 Å². The summed E-state index contributed by atoms with van der Waals surface area (Å²) in [4.78, 5) is 24.1. The minimum atomic E-state index is -0.966. The van der Waals surface area contributed by atoms with E-state index in [-0.39, 0.29) is 10.8 Å². The lowest BCUT2D eigenvalue weighted by atomic mass is 10.2. The molecule has 0 unspecified atom stereocenters. The maximum atomic E-state index is 11.9. The van der Waals surface area contributed by atoms with Crippen molar-refractivity contribution < 1.29 is 14.7 Å². The largest absolute Gasteiger partial charge is 0.477 e. The van der Waals surface area contributed by atoms with E-state index in [0.29, 0.717) is 16.3 Å². The summed E-state index contributed by atoms with van der Waals surface area (Å²) in [5, 5.41) is 12.3. The molecule has 0 fully saturated rings. The van der Waals surface area contributed by atoms with Gasteiger partial charge in [-0.3, -0.25) is 4.79 Å². The van der Waals surface area contributed by atoms with Crippen LogP contribution in [-0.2, 0) is 4.79 Å². The molecule has 1 amide bonds. The van der Waals surface area contributed by atoms with Crippen molar-refractivity contribution in [3.05, 3.63) is 46.3 Å². The zero-order valence-corrected chi connectivity index (χ0v) is 13.3. The van der Waals surface area contributed by atoms with Gasteiger partial charge in [-0.2, -0.15) is 0 Å². The summed E-state index contributed by atoms with van der Waals surface area (Å²) < 4.78 is 0. The average molecular weight is 321 g/mol. The SMILES string of the molecule is Cc1ccc(SCC(=O)Nc2cc(C)c(C(=O)O)s2)cc1. The summed E-state index contributed by atoms with van der Waals surface area (Å²) in [5.74, 6) is -0.812. The first-order valence-electron chi connectivity index (χ1n) is 6.29. The summed E-state index contributed by atoms with van der Waals surface area (Å²) in [5.41, 5.74) is 1.84. The van der Waals surface area contributed by atoms with Gasteiger partial charge in [0.1, 0.15) is 4.88 Å². The number of carboxylic acid groups (broad SMARTS) is 1. The average Bonchev–Trinajstić information content (AvgIpc) is 2.79. The molecule has 0 aliphatic rings. The number of amides is 1. The predicted octanol–water partition coefficient (Wildman–Crippen LogP) is 3.79. The quantitative estimate of drug-likeness (QED) is 0.822. The molecule has 1 aromatic heterocycles. The van der Waals surface area contributed by atoms with Gasteiger partial charge in [0.25, 0.3) is 0 Å².